The largest absolute Gasteiger partial charge is 0.352 e. The molecule has 1 heterocycles. The Morgan fingerprint density at radius 2 is 1.81 bits per heavy atom. The van der Waals surface area contributed by atoms with Crippen molar-refractivity contribution in [3.8, 4) is 0 Å². The SMILES string of the molecule is Cc1ccc(S(=O)(=O)NCC(=O)N(CC(=O)NC2CCCCC2)Cc2cccs2)cc1. The van der Waals surface area contributed by atoms with Crippen LogP contribution in [0.1, 0.15) is 42.5 Å². The van der Waals surface area contributed by atoms with Gasteiger partial charge in [0.15, 0.2) is 0 Å². The standard InChI is InChI=1S/C22H29N3O4S2/c1-17-9-11-20(12-10-17)31(28,29)23-14-22(27)25(15-19-8-5-13-30-19)16-21(26)24-18-6-3-2-4-7-18/h5,8-13,18,23H,2-4,6-7,14-16H2,1H3,(H,24,26). The quantitative estimate of drug-likeness (QED) is 0.598. The van der Waals surface area contributed by atoms with Crippen LogP contribution in [0, 0.1) is 6.92 Å². The Hall–Kier alpha value is -2.23. The molecule has 0 bridgehead atoms. The number of hydrogen-bond acceptors (Lipinski definition) is 5. The number of rotatable bonds is 9. The molecule has 1 aliphatic carbocycles. The highest BCUT2D eigenvalue weighted by Gasteiger charge is 2.23. The van der Waals surface area contributed by atoms with Gasteiger partial charge in [0.1, 0.15) is 0 Å². The molecule has 168 valence electrons. The van der Waals surface area contributed by atoms with E-state index in [2.05, 4.69) is 10.0 Å². The lowest BCUT2D eigenvalue weighted by molar-refractivity contribution is -0.136. The molecule has 0 atom stereocenters. The third-order valence-corrected chi connectivity index (χ3v) is 7.61. The minimum Gasteiger partial charge on any atom is -0.352 e. The molecule has 9 heteroatoms. The molecule has 0 saturated heterocycles. The van der Waals surface area contributed by atoms with Gasteiger partial charge in [-0.25, -0.2) is 13.1 Å². The van der Waals surface area contributed by atoms with Gasteiger partial charge in [-0.15, -0.1) is 11.3 Å². The van der Waals surface area contributed by atoms with Crippen molar-refractivity contribution in [1.29, 1.82) is 0 Å². The first-order valence-corrected chi connectivity index (χ1v) is 12.9. The summed E-state index contributed by atoms with van der Waals surface area (Å²) >= 11 is 1.49. The summed E-state index contributed by atoms with van der Waals surface area (Å²) in [6.45, 7) is 1.63. The molecule has 2 amide bonds. The van der Waals surface area contributed by atoms with Gasteiger partial charge in [0.2, 0.25) is 21.8 Å². The van der Waals surface area contributed by atoms with Gasteiger partial charge in [0, 0.05) is 10.9 Å². The Balaban J connectivity index is 1.62. The number of thiophene rings is 1. The van der Waals surface area contributed by atoms with Crippen LogP contribution in [-0.2, 0) is 26.2 Å². The molecule has 3 rings (SSSR count). The van der Waals surface area contributed by atoms with Gasteiger partial charge in [-0.3, -0.25) is 9.59 Å². The Morgan fingerprint density at radius 1 is 1.10 bits per heavy atom. The van der Waals surface area contributed by atoms with E-state index in [0.717, 1.165) is 36.1 Å². The second-order valence-electron chi connectivity index (χ2n) is 7.87. The van der Waals surface area contributed by atoms with E-state index >= 15 is 0 Å². The summed E-state index contributed by atoms with van der Waals surface area (Å²) in [7, 11) is -3.81. The summed E-state index contributed by atoms with van der Waals surface area (Å²) in [5.41, 5.74) is 0.945. The third kappa shape index (κ3) is 7.15. The van der Waals surface area contributed by atoms with E-state index in [1.807, 2.05) is 24.4 Å². The van der Waals surface area contributed by atoms with Crippen molar-refractivity contribution in [1.82, 2.24) is 14.9 Å². The molecule has 2 aromatic rings. The van der Waals surface area contributed by atoms with Gasteiger partial charge < -0.3 is 10.2 Å². The maximum absolute atomic E-state index is 12.9. The summed E-state index contributed by atoms with van der Waals surface area (Å²) < 4.78 is 27.4. The van der Waals surface area contributed by atoms with Crippen LogP contribution >= 0.6 is 11.3 Å². The fourth-order valence-electron chi connectivity index (χ4n) is 3.59. The monoisotopic (exact) mass is 463 g/mol. The van der Waals surface area contributed by atoms with Crippen molar-refractivity contribution in [3.05, 3.63) is 52.2 Å². The number of carbonyl (C=O) groups is 2. The molecular formula is C22H29N3O4S2. The molecule has 0 aliphatic heterocycles. The lowest BCUT2D eigenvalue weighted by Gasteiger charge is -2.26. The smallest absolute Gasteiger partial charge is 0.241 e. The van der Waals surface area contributed by atoms with Crippen molar-refractivity contribution >= 4 is 33.2 Å². The van der Waals surface area contributed by atoms with E-state index in [4.69, 9.17) is 0 Å². The van der Waals surface area contributed by atoms with E-state index in [1.165, 1.54) is 34.8 Å². The van der Waals surface area contributed by atoms with Gasteiger partial charge in [0.25, 0.3) is 0 Å². The zero-order valence-electron chi connectivity index (χ0n) is 17.7. The van der Waals surface area contributed by atoms with Crippen molar-refractivity contribution in [3.63, 3.8) is 0 Å². The highest BCUT2D eigenvalue weighted by atomic mass is 32.2. The van der Waals surface area contributed by atoms with Gasteiger partial charge in [-0.05, 0) is 43.3 Å². The first kappa shape index (κ1) is 23.4. The predicted molar refractivity (Wildman–Crippen MR) is 121 cm³/mol. The highest BCUT2D eigenvalue weighted by molar-refractivity contribution is 7.89. The number of aryl methyl sites for hydroxylation is 1. The first-order chi connectivity index (χ1) is 14.8. The van der Waals surface area contributed by atoms with Crippen molar-refractivity contribution in [2.75, 3.05) is 13.1 Å². The van der Waals surface area contributed by atoms with Crippen LogP contribution in [0.2, 0.25) is 0 Å². The summed E-state index contributed by atoms with van der Waals surface area (Å²) in [5, 5.41) is 4.92. The van der Waals surface area contributed by atoms with Crippen LogP contribution in [0.25, 0.3) is 0 Å². The maximum atomic E-state index is 12.9. The third-order valence-electron chi connectivity index (χ3n) is 5.33. The highest BCUT2D eigenvalue weighted by Crippen LogP contribution is 2.18. The Labute approximate surface area is 187 Å². The molecule has 1 fully saturated rings. The minimum absolute atomic E-state index is 0.0977. The predicted octanol–water partition coefficient (Wildman–Crippen LogP) is 2.81. The van der Waals surface area contributed by atoms with Crippen molar-refractivity contribution < 1.29 is 18.0 Å². The summed E-state index contributed by atoms with van der Waals surface area (Å²) in [6.07, 6.45) is 5.31. The van der Waals surface area contributed by atoms with E-state index < -0.39 is 22.5 Å². The molecule has 0 spiro atoms. The summed E-state index contributed by atoms with van der Waals surface area (Å²) in [4.78, 5) is 27.9. The lowest BCUT2D eigenvalue weighted by Crippen LogP contribution is -2.47. The van der Waals surface area contributed by atoms with Crippen molar-refractivity contribution in [2.24, 2.45) is 0 Å². The number of hydrogen-bond donors (Lipinski definition) is 2. The number of benzene rings is 1. The molecule has 0 radical (unpaired) electrons. The van der Waals surface area contributed by atoms with Crippen LogP contribution in [-0.4, -0.2) is 44.3 Å². The molecule has 7 nitrogen and oxygen atoms in total. The fraction of sp³-hybridized carbons (Fsp3) is 0.455. The Kier molecular flexibility index (Phi) is 8.22. The molecule has 1 aliphatic rings. The van der Waals surface area contributed by atoms with Gasteiger partial charge in [-0.2, -0.15) is 0 Å². The van der Waals surface area contributed by atoms with Crippen LogP contribution in [0.3, 0.4) is 0 Å². The molecule has 2 N–H and O–H groups in total. The van der Waals surface area contributed by atoms with E-state index in [-0.39, 0.29) is 29.9 Å². The Morgan fingerprint density at radius 3 is 2.45 bits per heavy atom. The lowest BCUT2D eigenvalue weighted by atomic mass is 9.95. The second kappa shape index (κ2) is 10.9. The van der Waals surface area contributed by atoms with Crippen LogP contribution in [0.5, 0.6) is 0 Å². The topological polar surface area (TPSA) is 95.6 Å². The molecule has 1 aromatic carbocycles. The van der Waals surface area contributed by atoms with E-state index in [9.17, 15) is 18.0 Å². The summed E-state index contributed by atoms with van der Waals surface area (Å²) in [6, 6.07) is 10.3. The van der Waals surface area contributed by atoms with Crippen molar-refractivity contribution in [2.45, 2.75) is 56.5 Å². The zero-order valence-corrected chi connectivity index (χ0v) is 19.3. The fourth-order valence-corrected chi connectivity index (χ4v) is 5.28. The number of amides is 2. The first-order valence-electron chi connectivity index (χ1n) is 10.5. The van der Waals surface area contributed by atoms with Crippen LogP contribution < -0.4 is 10.0 Å². The number of nitrogens with zero attached hydrogens (tertiary/aromatic N) is 1. The number of nitrogens with one attached hydrogen (secondary N) is 2. The average Bonchev–Trinajstić information content (AvgIpc) is 3.26. The zero-order chi connectivity index (χ0) is 22.3. The van der Waals surface area contributed by atoms with Crippen LogP contribution in [0.4, 0.5) is 0 Å². The van der Waals surface area contributed by atoms with Crippen LogP contribution in [0.15, 0.2) is 46.7 Å². The van der Waals surface area contributed by atoms with E-state index in [1.54, 1.807) is 12.1 Å². The average molecular weight is 464 g/mol. The minimum atomic E-state index is -3.81. The van der Waals surface area contributed by atoms with Gasteiger partial charge >= 0.3 is 0 Å². The maximum Gasteiger partial charge on any atom is 0.241 e. The molecule has 1 saturated carbocycles. The van der Waals surface area contributed by atoms with Gasteiger partial charge in [-0.1, -0.05) is 43.0 Å². The Bertz CT molecular complexity index is 967. The van der Waals surface area contributed by atoms with Gasteiger partial charge in [0.05, 0.1) is 24.5 Å². The summed E-state index contributed by atoms with van der Waals surface area (Å²) in [5.74, 6) is -0.652. The molecular weight excluding hydrogens is 434 g/mol. The molecule has 1 aromatic heterocycles. The normalized spacial score (nSPS) is 14.9. The second-order valence-corrected chi connectivity index (χ2v) is 10.7. The number of carbonyl (C=O) groups excluding carboxylic acids is 2. The van der Waals surface area contributed by atoms with E-state index in [0.29, 0.717) is 0 Å². The molecule has 0 unspecified atom stereocenters. The molecule has 31 heavy (non-hydrogen) atoms. The number of sulfonamides is 1.